The molecule has 1 atom stereocenters. The zero-order chi connectivity index (χ0) is 21.1. The van der Waals surface area contributed by atoms with E-state index in [1.165, 1.54) is 25.8 Å². The summed E-state index contributed by atoms with van der Waals surface area (Å²) < 4.78 is 10.1. The van der Waals surface area contributed by atoms with Crippen molar-refractivity contribution in [2.24, 2.45) is 0 Å². The van der Waals surface area contributed by atoms with Crippen molar-refractivity contribution in [3.8, 4) is 5.75 Å². The fraction of sp³-hybridized carbons (Fsp3) is 0.500. The smallest absolute Gasteiger partial charge is 0.328 e. The second-order valence-corrected chi connectivity index (χ2v) is 7.20. The monoisotopic (exact) mass is 402 g/mol. The van der Waals surface area contributed by atoms with Gasteiger partial charge in [-0.1, -0.05) is 37.8 Å². The van der Waals surface area contributed by atoms with Crippen molar-refractivity contribution in [1.29, 1.82) is 0 Å². The summed E-state index contributed by atoms with van der Waals surface area (Å²) >= 11 is 0. The van der Waals surface area contributed by atoms with Crippen molar-refractivity contribution in [3.05, 3.63) is 35.9 Å². The summed E-state index contributed by atoms with van der Waals surface area (Å²) in [6.07, 6.45) is 9.52. The highest BCUT2D eigenvalue weighted by Crippen LogP contribution is 2.17. The molecule has 7 nitrogen and oxygen atoms in total. The van der Waals surface area contributed by atoms with Crippen LogP contribution >= 0.6 is 0 Å². The molecule has 2 amide bonds. The standard InChI is InChI=1S/C22H30N2O5/c1-16(23-20(25)14-11-17-9-12-19(28-2)13-10-17)22(27)29-15-21(26)24-18-7-5-3-4-6-8-18/h9-14,16,18H,3-8,15H2,1-2H3,(H,23,25)(H,24,26)/b14-11+. The van der Waals surface area contributed by atoms with Gasteiger partial charge >= 0.3 is 5.97 Å². The van der Waals surface area contributed by atoms with E-state index in [1.54, 1.807) is 25.3 Å². The van der Waals surface area contributed by atoms with E-state index >= 15 is 0 Å². The van der Waals surface area contributed by atoms with Crippen LogP contribution in [-0.2, 0) is 19.1 Å². The molecule has 0 radical (unpaired) electrons. The molecule has 0 heterocycles. The lowest BCUT2D eigenvalue weighted by Gasteiger charge is -2.17. The van der Waals surface area contributed by atoms with Gasteiger partial charge in [0.1, 0.15) is 11.8 Å². The van der Waals surface area contributed by atoms with Gasteiger partial charge < -0.3 is 20.1 Å². The Bertz CT molecular complexity index is 706. The highest BCUT2D eigenvalue weighted by molar-refractivity contribution is 5.94. The fourth-order valence-corrected chi connectivity index (χ4v) is 3.16. The van der Waals surface area contributed by atoms with Crippen LogP contribution in [0, 0.1) is 0 Å². The van der Waals surface area contributed by atoms with Crippen LogP contribution in [0.5, 0.6) is 5.75 Å². The number of carbonyl (C=O) groups is 3. The molecule has 2 N–H and O–H groups in total. The van der Waals surface area contributed by atoms with Gasteiger partial charge in [0.05, 0.1) is 7.11 Å². The lowest BCUT2D eigenvalue weighted by Crippen LogP contribution is -2.41. The number of benzene rings is 1. The first kappa shape index (κ1) is 22.5. The number of nitrogens with one attached hydrogen (secondary N) is 2. The van der Waals surface area contributed by atoms with Crippen LogP contribution in [0.15, 0.2) is 30.3 Å². The summed E-state index contributed by atoms with van der Waals surface area (Å²) in [7, 11) is 1.58. The van der Waals surface area contributed by atoms with Crippen LogP contribution < -0.4 is 15.4 Å². The summed E-state index contributed by atoms with van der Waals surface area (Å²) in [5.74, 6) is -0.644. The zero-order valence-corrected chi connectivity index (χ0v) is 17.1. The Labute approximate surface area is 171 Å². The van der Waals surface area contributed by atoms with E-state index in [9.17, 15) is 14.4 Å². The second kappa shape index (κ2) is 11.9. The maximum Gasteiger partial charge on any atom is 0.328 e. The van der Waals surface area contributed by atoms with Crippen LogP contribution in [0.4, 0.5) is 0 Å². The Morgan fingerprint density at radius 1 is 1.10 bits per heavy atom. The van der Waals surface area contributed by atoms with E-state index in [1.807, 2.05) is 12.1 Å². The minimum absolute atomic E-state index is 0.156. The molecule has 0 bridgehead atoms. The maximum absolute atomic E-state index is 12.0. The van der Waals surface area contributed by atoms with Crippen LogP contribution in [0.3, 0.4) is 0 Å². The highest BCUT2D eigenvalue weighted by Gasteiger charge is 2.19. The second-order valence-electron chi connectivity index (χ2n) is 7.20. The number of esters is 1. The van der Waals surface area contributed by atoms with Crippen LogP contribution in [0.2, 0.25) is 0 Å². The van der Waals surface area contributed by atoms with Gasteiger partial charge in [0.25, 0.3) is 5.91 Å². The number of methoxy groups -OCH3 is 1. The molecule has 1 aromatic rings. The summed E-state index contributed by atoms with van der Waals surface area (Å²) in [5, 5.41) is 5.45. The van der Waals surface area contributed by atoms with Crippen LogP contribution in [0.25, 0.3) is 6.08 Å². The predicted molar refractivity (Wildman–Crippen MR) is 110 cm³/mol. The first-order chi connectivity index (χ1) is 14.0. The normalized spacial score (nSPS) is 15.9. The molecular weight excluding hydrogens is 372 g/mol. The van der Waals surface area contributed by atoms with E-state index in [0.717, 1.165) is 37.0 Å². The van der Waals surface area contributed by atoms with Crippen molar-refractivity contribution in [3.63, 3.8) is 0 Å². The zero-order valence-electron chi connectivity index (χ0n) is 17.1. The number of amides is 2. The molecule has 2 rings (SSSR count). The first-order valence-electron chi connectivity index (χ1n) is 10.1. The van der Waals surface area contributed by atoms with Gasteiger partial charge in [-0.2, -0.15) is 0 Å². The summed E-state index contributed by atoms with van der Waals surface area (Å²) in [4.78, 5) is 36.0. The lowest BCUT2D eigenvalue weighted by atomic mass is 10.1. The van der Waals surface area contributed by atoms with Gasteiger partial charge in [-0.25, -0.2) is 4.79 Å². The molecule has 0 aromatic heterocycles. The van der Waals surface area contributed by atoms with Crippen molar-refractivity contribution >= 4 is 23.9 Å². The van der Waals surface area contributed by atoms with E-state index in [4.69, 9.17) is 9.47 Å². The van der Waals surface area contributed by atoms with Gasteiger partial charge in [-0.15, -0.1) is 0 Å². The fourth-order valence-electron chi connectivity index (χ4n) is 3.16. The third-order valence-electron chi connectivity index (χ3n) is 4.82. The molecular formula is C22H30N2O5. The third-order valence-corrected chi connectivity index (χ3v) is 4.82. The van der Waals surface area contributed by atoms with E-state index in [-0.39, 0.29) is 18.6 Å². The van der Waals surface area contributed by atoms with E-state index < -0.39 is 17.9 Å². The van der Waals surface area contributed by atoms with Gasteiger partial charge in [-0.05, 0) is 43.5 Å². The Balaban J connectivity index is 1.70. The van der Waals surface area contributed by atoms with Crippen molar-refractivity contribution < 1.29 is 23.9 Å². The number of ether oxygens (including phenoxy) is 2. The topological polar surface area (TPSA) is 93.7 Å². The molecule has 1 unspecified atom stereocenters. The molecule has 0 saturated heterocycles. The van der Waals surface area contributed by atoms with Gasteiger partial charge in [0.15, 0.2) is 6.61 Å². The minimum atomic E-state index is -0.853. The molecule has 0 aliphatic heterocycles. The number of hydrogen-bond acceptors (Lipinski definition) is 5. The van der Waals surface area contributed by atoms with Crippen LogP contribution in [0.1, 0.15) is 51.0 Å². The quantitative estimate of drug-likeness (QED) is 0.396. The highest BCUT2D eigenvalue weighted by atomic mass is 16.5. The average Bonchev–Trinajstić information content (AvgIpc) is 2.99. The third kappa shape index (κ3) is 8.37. The molecule has 158 valence electrons. The molecule has 1 aliphatic carbocycles. The molecule has 1 aliphatic rings. The van der Waals surface area contributed by atoms with Crippen molar-refractivity contribution in [2.75, 3.05) is 13.7 Å². The molecule has 1 saturated carbocycles. The number of hydrogen-bond donors (Lipinski definition) is 2. The minimum Gasteiger partial charge on any atom is -0.497 e. The Morgan fingerprint density at radius 2 is 1.76 bits per heavy atom. The van der Waals surface area contributed by atoms with Gasteiger partial charge in [-0.3, -0.25) is 9.59 Å². The van der Waals surface area contributed by atoms with E-state index in [2.05, 4.69) is 10.6 Å². The molecule has 7 heteroatoms. The SMILES string of the molecule is COc1ccc(/C=C/C(=O)NC(C)C(=O)OCC(=O)NC2CCCCCC2)cc1. The molecule has 0 spiro atoms. The Kier molecular flexibility index (Phi) is 9.21. The number of rotatable bonds is 8. The maximum atomic E-state index is 12.0. The Hall–Kier alpha value is -2.83. The summed E-state index contributed by atoms with van der Waals surface area (Å²) in [6.45, 7) is 1.18. The molecule has 29 heavy (non-hydrogen) atoms. The van der Waals surface area contributed by atoms with Crippen molar-refractivity contribution in [2.45, 2.75) is 57.5 Å². The predicted octanol–water partition coefficient (Wildman–Crippen LogP) is 2.60. The molecule has 1 aromatic carbocycles. The number of carbonyl (C=O) groups excluding carboxylic acids is 3. The van der Waals surface area contributed by atoms with Gasteiger partial charge in [0.2, 0.25) is 5.91 Å². The summed E-state index contributed by atoms with van der Waals surface area (Å²) in [6, 6.07) is 6.51. The largest absolute Gasteiger partial charge is 0.497 e. The molecule has 1 fully saturated rings. The average molecular weight is 402 g/mol. The lowest BCUT2D eigenvalue weighted by molar-refractivity contribution is -0.151. The van der Waals surface area contributed by atoms with Crippen molar-refractivity contribution in [1.82, 2.24) is 10.6 Å². The summed E-state index contributed by atoms with van der Waals surface area (Å²) in [5.41, 5.74) is 0.825. The van der Waals surface area contributed by atoms with Crippen LogP contribution in [-0.4, -0.2) is 43.6 Å². The van der Waals surface area contributed by atoms with E-state index in [0.29, 0.717) is 0 Å². The van der Waals surface area contributed by atoms with Gasteiger partial charge in [0, 0.05) is 12.1 Å². The Morgan fingerprint density at radius 3 is 2.38 bits per heavy atom. The first-order valence-corrected chi connectivity index (χ1v) is 10.1.